The van der Waals surface area contributed by atoms with E-state index in [4.69, 9.17) is 0 Å². The van der Waals surface area contributed by atoms with E-state index in [1.807, 2.05) is 103 Å². The fraction of sp³-hybridized carbons (Fsp3) is 0. The Morgan fingerprint density at radius 1 is 0.227 bits per heavy atom. The average Bonchev–Trinajstić information content (AvgIpc) is 3.82. The molecular formula is C70H41N5. The maximum Gasteiger partial charge on any atom is 0.0998 e. The van der Waals surface area contributed by atoms with Crippen LogP contribution in [0.2, 0.25) is 0 Å². The smallest absolute Gasteiger partial charge is 0.0998 e. The van der Waals surface area contributed by atoms with Gasteiger partial charge in [-0.05, 0) is 174 Å². The second-order valence-corrected chi connectivity index (χ2v) is 18.5. The van der Waals surface area contributed by atoms with Gasteiger partial charge in [0, 0.05) is 16.3 Å². The third-order valence-electron chi connectivity index (χ3n) is 14.2. The highest BCUT2D eigenvalue weighted by atomic mass is 15.0. The summed E-state index contributed by atoms with van der Waals surface area (Å²) in [5.74, 6) is 0. The van der Waals surface area contributed by atoms with Crippen LogP contribution in [0.1, 0.15) is 22.3 Å². The molecule has 0 bridgehead atoms. The molecule has 1 heterocycles. The minimum absolute atomic E-state index is 0.562. The first-order valence-corrected chi connectivity index (χ1v) is 24.6. The Bertz CT molecular complexity index is 4040. The molecule has 11 aromatic carbocycles. The molecule has 1 aromatic heterocycles. The quantitative estimate of drug-likeness (QED) is 0.144. The summed E-state index contributed by atoms with van der Waals surface area (Å²) in [5.41, 5.74) is 20.3. The molecule has 12 aromatic rings. The lowest BCUT2D eigenvalue weighted by molar-refractivity contribution is 1.18. The topological polar surface area (TPSA) is 100 Å². The van der Waals surface area contributed by atoms with Crippen LogP contribution in [0.15, 0.2) is 249 Å². The highest BCUT2D eigenvalue weighted by Crippen LogP contribution is 2.44. The van der Waals surface area contributed by atoms with E-state index in [0.717, 1.165) is 117 Å². The molecule has 0 atom stereocenters. The first-order chi connectivity index (χ1) is 37.0. The summed E-state index contributed by atoms with van der Waals surface area (Å²) in [5, 5.41) is 43.2. The van der Waals surface area contributed by atoms with Crippen molar-refractivity contribution in [1.29, 1.82) is 21.0 Å². The molecule has 0 aliphatic carbocycles. The monoisotopic (exact) mass is 951 g/mol. The Labute approximate surface area is 435 Å². The van der Waals surface area contributed by atoms with E-state index in [9.17, 15) is 21.0 Å². The molecule has 346 valence electrons. The van der Waals surface area contributed by atoms with Crippen LogP contribution in [0.25, 0.3) is 117 Å². The molecule has 75 heavy (non-hydrogen) atoms. The Kier molecular flexibility index (Phi) is 11.7. The van der Waals surface area contributed by atoms with Crippen LogP contribution in [0, 0.1) is 45.3 Å². The van der Waals surface area contributed by atoms with Gasteiger partial charge >= 0.3 is 0 Å². The number of fused-ring (bicyclic) bond motifs is 3. The minimum Gasteiger partial charge on any atom is -0.309 e. The molecule has 0 N–H and O–H groups in total. The molecule has 5 heteroatoms. The number of benzene rings is 11. The molecule has 0 spiro atoms. The van der Waals surface area contributed by atoms with Gasteiger partial charge in [0.15, 0.2) is 0 Å². The van der Waals surface area contributed by atoms with E-state index in [1.54, 1.807) is 0 Å². The Hall–Kier alpha value is -10.8. The van der Waals surface area contributed by atoms with Crippen LogP contribution in [-0.2, 0) is 0 Å². The standard InChI is InChI=1S/C70H41N5/c71-42-49-18-4-8-22-59(49)55-34-53(35-56(38-55)60-23-9-5-19-50(60)43-72)47-30-32-69-66(40-47)67-41-48(54-36-57(61-24-10-6-20-51(61)44-73)39-58(37-54)62-25-11-7-21-52(62)45-74)31-33-70(67)75(69)68-29-15-14-28-65(68)64-27-13-12-26-63(64)46-16-2-1-3-17-46/h1-41H. The predicted molar refractivity (Wildman–Crippen MR) is 303 cm³/mol. The molecular weight excluding hydrogens is 911 g/mol. The summed E-state index contributed by atoms with van der Waals surface area (Å²) in [6.45, 7) is 0. The van der Waals surface area contributed by atoms with Gasteiger partial charge in [0.25, 0.3) is 0 Å². The van der Waals surface area contributed by atoms with Gasteiger partial charge in [-0.3, -0.25) is 0 Å². The largest absolute Gasteiger partial charge is 0.309 e. The van der Waals surface area contributed by atoms with E-state index >= 15 is 0 Å². The van der Waals surface area contributed by atoms with Crippen molar-refractivity contribution in [1.82, 2.24) is 4.57 Å². The van der Waals surface area contributed by atoms with Crippen molar-refractivity contribution in [2.24, 2.45) is 0 Å². The Balaban J connectivity index is 1.13. The highest BCUT2D eigenvalue weighted by Gasteiger charge is 2.21. The molecule has 0 saturated carbocycles. The van der Waals surface area contributed by atoms with Crippen LogP contribution in [0.5, 0.6) is 0 Å². The van der Waals surface area contributed by atoms with Gasteiger partial charge in [-0.25, -0.2) is 0 Å². The number of hydrogen-bond acceptors (Lipinski definition) is 4. The van der Waals surface area contributed by atoms with Crippen LogP contribution in [0.4, 0.5) is 0 Å². The third kappa shape index (κ3) is 8.26. The SMILES string of the molecule is N#Cc1ccccc1-c1cc(-c2ccc3c(c2)c2cc(-c4cc(-c5ccccc5C#N)cc(-c5ccccc5C#N)c4)ccc2n3-c2ccccc2-c2ccccc2-c2ccccc2)cc(-c2ccccc2C#N)c1. The van der Waals surface area contributed by atoms with Gasteiger partial charge in [-0.15, -0.1) is 0 Å². The lowest BCUT2D eigenvalue weighted by Gasteiger charge is -2.17. The number of nitrogens with zero attached hydrogens (tertiary/aromatic N) is 5. The summed E-state index contributed by atoms with van der Waals surface area (Å²) in [4.78, 5) is 0. The second-order valence-electron chi connectivity index (χ2n) is 18.5. The van der Waals surface area contributed by atoms with Gasteiger partial charge in [-0.1, -0.05) is 158 Å². The number of aromatic nitrogens is 1. The molecule has 0 fully saturated rings. The maximum absolute atomic E-state index is 10.3. The zero-order valence-corrected chi connectivity index (χ0v) is 40.4. The molecule has 5 nitrogen and oxygen atoms in total. The number of hydrogen-bond donors (Lipinski definition) is 0. The van der Waals surface area contributed by atoms with Crippen molar-refractivity contribution in [3.8, 4) is 119 Å². The molecule has 12 rings (SSSR count). The van der Waals surface area contributed by atoms with Gasteiger partial charge < -0.3 is 4.57 Å². The lowest BCUT2D eigenvalue weighted by Crippen LogP contribution is -1.98. The zero-order valence-electron chi connectivity index (χ0n) is 40.4. The molecule has 0 radical (unpaired) electrons. The predicted octanol–water partition coefficient (Wildman–Crippen LogP) is 17.6. The van der Waals surface area contributed by atoms with Crippen LogP contribution < -0.4 is 0 Å². The number of para-hydroxylation sites is 1. The van der Waals surface area contributed by atoms with Crippen molar-refractivity contribution in [3.05, 3.63) is 271 Å². The Morgan fingerprint density at radius 2 is 0.547 bits per heavy atom. The molecule has 0 amide bonds. The summed E-state index contributed by atoms with van der Waals surface area (Å²) in [7, 11) is 0. The van der Waals surface area contributed by atoms with Crippen molar-refractivity contribution in [2.45, 2.75) is 0 Å². The Morgan fingerprint density at radius 3 is 0.947 bits per heavy atom. The van der Waals surface area contributed by atoms with Crippen molar-refractivity contribution < 1.29 is 0 Å². The second kappa shape index (κ2) is 19.4. The van der Waals surface area contributed by atoms with Gasteiger partial charge in [0.05, 0.1) is 63.3 Å². The van der Waals surface area contributed by atoms with E-state index in [2.05, 4.69) is 174 Å². The van der Waals surface area contributed by atoms with E-state index in [0.29, 0.717) is 22.3 Å². The average molecular weight is 952 g/mol. The summed E-state index contributed by atoms with van der Waals surface area (Å²) in [6.07, 6.45) is 0. The van der Waals surface area contributed by atoms with Crippen molar-refractivity contribution in [2.75, 3.05) is 0 Å². The summed E-state index contributed by atoms with van der Waals surface area (Å²) < 4.78 is 2.37. The number of rotatable bonds is 9. The van der Waals surface area contributed by atoms with E-state index < -0.39 is 0 Å². The first-order valence-electron chi connectivity index (χ1n) is 24.6. The summed E-state index contributed by atoms with van der Waals surface area (Å²) in [6, 6.07) is 93.8. The zero-order chi connectivity index (χ0) is 50.8. The third-order valence-corrected chi connectivity index (χ3v) is 14.2. The number of nitriles is 4. The van der Waals surface area contributed by atoms with E-state index in [-0.39, 0.29) is 0 Å². The van der Waals surface area contributed by atoms with Crippen LogP contribution >= 0.6 is 0 Å². The fourth-order valence-corrected chi connectivity index (χ4v) is 10.7. The lowest BCUT2D eigenvalue weighted by atomic mass is 9.89. The van der Waals surface area contributed by atoms with Gasteiger partial charge in [-0.2, -0.15) is 21.0 Å². The normalized spacial score (nSPS) is 10.9. The molecule has 0 unspecified atom stereocenters. The molecule has 0 aliphatic heterocycles. The minimum atomic E-state index is 0.562. The van der Waals surface area contributed by atoms with Gasteiger partial charge in [0.1, 0.15) is 0 Å². The van der Waals surface area contributed by atoms with Crippen LogP contribution in [-0.4, -0.2) is 4.57 Å². The highest BCUT2D eigenvalue weighted by molar-refractivity contribution is 6.12. The molecule has 0 aliphatic rings. The maximum atomic E-state index is 10.3. The fourth-order valence-electron chi connectivity index (χ4n) is 10.7. The van der Waals surface area contributed by atoms with Crippen molar-refractivity contribution >= 4 is 21.8 Å². The van der Waals surface area contributed by atoms with Crippen LogP contribution in [0.3, 0.4) is 0 Å². The first kappa shape index (κ1) is 45.3. The van der Waals surface area contributed by atoms with Gasteiger partial charge in [0.2, 0.25) is 0 Å². The molecule has 0 saturated heterocycles. The summed E-state index contributed by atoms with van der Waals surface area (Å²) >= 11 is 0. The van der Waals surface area contributed by atoms with Crippen molar-refractivity contribution in [3.63, 3.8) is 0 Å². The van der Waals surface area contributed by atoms with E-state index in [1.165, 1.54) is 0 Å².